The molecular formula is C19H35NO. The molecule has 0 aliphatic rings. The van der Waals surface area contributed by atoms with Gasteiger partial charge in [-0.25, -0.2) is 0 Å². The van der Waals surface area contributed by atoms with E-state index in [4.69, 9.17) is 0 Å². The van der Waals surface area contributed by atoms with E-state index >= 15 is 0 Å². The lowest BCUT2D eigenvalue weighted by Crippen LogP contribution is -2.49. The molecule has 0 aliphatic heterocycles. The van der Waals surface area contributed by atoms with Crippen molar-refractivity contribution < 1.29 is 9.96 Å². The maximum absolute atomic E-state index is 2.33. The molecule has 0 unspecified atom stereocenters. The van der Waals surface area contributed by atoms with Gasteiger partial charge in [-0.2, -0.15) is 0 Å². The summed E-state index contributed by atoms with van der Waals surface area (Å²) in [6, 6.07) is 11.1. The van der Waals surface area contributed by atoms with Crippen LogP contribution in [-0.2, 0) is 6.54 Å². The summed E-state index contributed by atoms with van der Waals surface area (Å²) in [5.74, 6) is 0. The zero-order valence-electron chi connectivity index (χ0n) is 14.4. The minimum Gasteiger partial charge on any atom is -0.870 e. The van der Waals surface area contributed by atoms with Crippen LogP contribution in [0.2, 0.25) is 0 Å². The third kappa shape index (κ3) is 7.63. The van der Waals surface area contributed by atoms with Gasteiger partial charge in [0.15, 0.2) is 0 Å². The quantitative estimate of drug-likeness (QED) is 0.406. The first-order valence-electron chi connectivity index (χ1n) is 8.65. The molecule has 0 saturated heterocycles. The number of hydrogen-bond donors (Lipinski definition) is 0. The Balaban J connectivity index is 0.00000400. The number of quaternary nitrogens is 1. The van der Waals surface area contributed by atoms with Crippen molar-refractivity contribution in [2.45, 2.75) is 65.8 Å². The van der Waals surface area contributed by atoms with Gasteiger partial charge in [0.2, 0.25) is 0 Å². The van der Waals surface area contributed by atoms with Gasteiger partial charge in [-0.1, -0.05) is 63.9 Å². The summed E-state index contributed by atoms with van der Waals surface area (Å²) in [6.45, 7) is 12.2. The number of hydrogen-bond acceptors (Lipinski definition) is 1. The Morgan fingerprint density at radius 3 is 1.86 bits per heavy atom. The van der Waals surface area contributed by atoms with Gasteiger partial charge in [0.25, 0.3) is 0 Å². The highest BCUT2D eigenvalue weighted by atomic mass is 16.0. The first-order valence-corrected chi connectivity index (χ1v) is 8.65. The minimum atomic E-state index is 0. The Kier molecular flexibility index (Phi) is 11.3. The first kappa shape index (κ1) is 20.1. The standard InChI is InChI=1S/C19H34N.H2O/c1-4-7-8-12-17-20(15-5-2,16-6-3)18-19-13-10-9-11-14-19;/h9-11,13-14H,4-8,12,15-18H2,1-3H3;1H2/q+1;/p-1. The number of benzene rings is 1. The highest BCUT2D eigenvalue weighted by Gasteiger charge is 2.25. The van der Waals surface area contributed by atoms with E-state index in [0.717, 1.165) is 0 Å². The van der Waals surface area contributed by atoms with Gasteiger partial charge in [0, 0.05) is 5.56 Å². The SMILES string of the molecule is CCCCCC[N+](CCC)(CCC)Cc1ccccc1.[OH-]. The molecule has 1 rings (SSSR count). The van der Waals surface area contributed by atoms with Crippen LogP contribution in [0, 0.1) is 0 Å². The Labute approximate surface area is 132 Å². The van der Waals surface area contributed by atoms with E-state index in [-0.39, 0.29) is 5.48 Å². The van der Waals surface area contributed by atoms with Crippen LogP contribution in [0.3, 0.4) is 0 Å². The second-order valence-corrected chi connectivity index (χ2v) is 6.22. The monoisotopic (exact) mass is 293 g/mol. The lowest BCUT2D eigenvalue weighted by molar-refractivity contribution is -0.941. The fourth-order valence-corrected chi connectivity index (χ4v) is 3.37. The van der Waals surface area contributed by atoms with Gasteiger partial charge >= 0.3 is 0 Å². The van der Waals surface area contributed by atoms with Crippen molar-refractivity contribution in [1.29, 1.82) is 0 Å². The summed E-state index contributed by atoms with van der Waals surface area (Å²) in [5, 5.41) is 0. The Morgan fingerprint density at radius 2 is 1.33 bits per heavy atom. The molecule has 122 valence electrons. The van der Waals surface area contributed by atoms with Crippen molar-refractivity contribution in [3.05, 3.63) is 35.9 Å². The molecule has 2 nitrogen and oxygen atoms in total. The normalized spacial score (nSPS) is 11.2. The molecule has 21 heavy (non-hydrogen) atoms. The van der Waals surface area contributed by atoms with Crippen molar-refractivity contribution in [2.75, 3.05) is 19.6 Å². The molecule has 1 aromatic rings. The van der Waals surface area contributed by atoms with Crippen LogP contribution in [-0.4, -0.2) is 29.6 Å². The lowest BCUT2D eigenvalue weighted by atomic mass is 10.1. The molecule has 0 aliphatic carbocycles. The van der Waals surface area contributed by atoms with E-state index in [0.29, 0.717) is 0 Å². The van der Waals surface area contributed by atoms with Gasteiger partial charge in [-0.3, -0.25) is 0 Å². The molecule has 0 spiro atoms. The molecule has 0 heterocycles. The van der Waals surface area contributed by atoms with Crippen LogP contribution in [0.15, 0.2) is 30.3 Å². The second-order valence-electron chi connectivity index (χ2n) is 6.22. The first-order chi connectivity index (χ1) is 9.76. The number of rotatable bonds is 11. The van der Waals surface area contributed by atoms with Crippen LogP contribution in [0.4, 0.5) is 0 Å². The van der Waals surface area contributed by atoms with Crippen LogP contribution < -0.4 is 0 Å². The maximum atomic E-state index is 2.33. The third-order valence-corrected chi connectivity index (χ3v) is 4.24. The van der Waals surface area contributed by atoms with Crippen molar-refractivity contribution in [2.24, 2.45) is 0 Å². The van der Waals surface area contributed by atoms with Crippen LogP contribution in [0.1, 0.15) is 64.9 Å². The molecule has 1 aromatic carbocycles. The summed E-state index contributed by atoms with van der Waals surface area (Å²) >= 11 is 0. The van der Waals surface area contributed by atoms with E-state index in [1.807, 2.05) is 0 Å². The Morgan fingerprint density at radius 1 is 0.714 bits per heavy atom. The fraction of sp³-hybridized carbons (Fsp3) is 0.684. The number of unbranched alkanes of at least 4 members (excludes halogenated alkanes) is 3. The molecule has 0 fully saturated rings. The molecule has 1 N–H and O–H groups in total. The summed E-state index contributed by atoms with van der Waals surface area (Å²) in [7, 11) is 0. The molecule has 0 atom stereocenters. The topological polar surface area (TPSA) is 30.0 Å². The molecule has 2 heteroatoms. The summed E-state index contributed by atoms with van der Waals surface area (Å²) in [4.78, 5) is 0. The van der Waals surface area contributed by atoms with Crippen molar-refractivity contribution >= 4 is 0 Å². The van der Waals surface area contributed by atoms with Crippen LogP contribution in [0.25, 0.3) is 0 Å². The summed E-state index contributed by atoms with van der Waals surface area (Å²) < 4.78 is 1.29. The van der Waals surface area contributed by atoms with E-state index in [1.165, 1.54) is 74.8 Å². The summed E-state index contributed by atoms with van der Waals surface area (Å²) in [5.41, 5.74) is 1.50. The largest absolute Gasteiger partial charge is 0.870 e. The number of nitrogens with zero attached hydrogens (tertiary/aromatic N) is 1. The van der Waals surface area contributed by atoms with E-state index in [2.05, 4.69) is 51.1 Å². The Hall–Kier alpha value is -0.860. The third-order valence-electron chi connectivity index (χ3n) is 4.24. The maximum Gasteiger partial charge on any atom is 0.104 e. The van der Waals surface area contributed by atoms with Gasteiger partial charge < -0.3 is 9.96 Å². The highest BCUT2D eigenvalue weighted by molar-refractivity contribution is 5.13. The molecule has 0 aromatic heterocycles. The van der Waals surface area contributed by atoms with Crippen molar-refractivity contribution in [3.63, 3.8) is 0 Å². The predicted octanol–water partition coefficient (Wildman–Crippen LogP) is 5.23. The van der Waals surface area contributed by atoms with Gasteiger partial charge in [-0.15, -0.1) is 0 Å². The van der Waals surface area contributed by atoms with Crippen molar-refractivity contribution in [1.82, 2.24) is 0 Å². The van der Waals surface area contributed by atoms with Crippen LogP contribution in [0.5, 0.6) is 0 Å². The molecule has 0 bridgehead atoms. The smallest absolute Gasteiger partial charge is 0.104 e. The minimum absolute atomic E-state index is 0. The Bertz CT molecular complexity index is 331. The van der Waals surface area contributed by atoms with E-state index in [1.54, 1.807) is 0 Å². The molecule has 0 saturated carbocycles. The molecule has 0 amide bonds. The van der Waals surface area contributed by atoms with Gasteiger partial charge in [-0.05, 0) is 25.7 Å². The van der Waals surface area contributed by atoms with E-state index < -0.39 is 0 Å². The highest BCUT2D eigenvalue weighted by Crippen LogP contribution is 2.19. The van der Waals surface area contributed by atoms with E-state index in [9.17, 15) is 0 Å². The zero-order valence-corrected chi connectivity index (χ0v) is 14.4. The second kappa shape index (κ2) is 11.8. The fourth-order valence-electron chi connectivity index (χ4n) is 3.37. The summed E-state index contributed by atoms with van der Waals surface area (Å²) in [6.07, 6.45) is 8.10. The molecular weight excluding hydrogens is 258 g/mol. The predicted molar refractivity (Wildman–Crippen MR) is 91.7 cm³/mol. The van der Waals surface area contributed by atoms with Gasteiger partial charge in [0.1, 0.15) is 6.54 Å². The van der Waals surface area contributed by atoms with Gasteiger partial charge in [0.05, 0.1) is 19.6 Å². The molecule has 0 radical (unpaired) electrons. The average Bonchev–Trinajstić information content (AvgIpc) is 2.45. The van der Waals surface area contributed by atoms with Crippen LogP contribution >= 0.6 is 0 Å². The zero-order chi connectivity index (χ0) is 14.7. The lowest BCUT2D eigenvalue weighted by Gasteiger charge is -2.39. The van der Waals surface area contributed by atoms with Crippen molar-refractivity contribution in [3.8, 4) is 0 Å². The average molecular weight is 293 g/mol.